The summed E-state index contributed by atoms with van der Waals surface area (Å²) in [6.07, 6.45) is 1.16. The molecule has 0 aliphatic carbocycles. The number of carbonyl (C=O) groups is 1. The highest BCUT2D eigenvalue weighted by atomic mass is 16.2. The predicted molar refractivity (Wildman–Crippen MR) is 76.0 cm³/mol. The summed E-state index contributed by atoms with van der Waals surface area (Å²) in [6.45, 7) is 8.65. The van der Waals surface area contributed by atoms with Crippen LogP contribution in [0.1, 0.15) is 29.4 Å². The van der Waals surface area contributed by atoms with Crippen LogP contribution in [0.3, 0.4) is 0 Å². The lowest BCUT2D eigenvalue weighted by Crippen LogP contribution is -2.48. The topological polar surface area (TPSA) is 62.5 Å². The first-order chi connectivity index (χ1) is 9.10. The summed E-state index contributed by atoms with van der Waals surface area (Å²) < 4.78 is 0. The first-order valence-electron chi connectivity index (χ1n) is 6.86. The number of pyridine rings is 1. The zero-order valence-electron chi connectivity index (χ0n) is 11.7. The maximum Gasteiger partial charge on any atom is 0.254 e. The van der Waals surface area contributed by atoms with E-state index < -0.39 is 0 Å². The molecule has 0 unspecified atom stereocenters. The first-order valence-corrected chi connectivity index (χ1v) is 6.86. The first kappa shape index (κ1) is 13.8. The standard InChI is InChI=1S/C14H22N4O/c1-3-4-17-5-7-18(8-6-17)14(19)12-9-11(2)16-13(15)10-12/h9-10H,3-8H2,1-2H3,(H2,15,16). The van der Waals surface area contributed by atoms with E-state index in [1.165, 1.54) is 0 Å². The van der Waals surface area contributed by atoms with Crippen molar-refractivity contribution < 1.29 is 4.79 Å². The minimum atomic E-state index is 0.0633. The Morgan fingerprint density at radius 3 is 2.58 bits per heavy atom. The van der Waals surface area contributed by atoms with E-state index in [4.69, 9.17) is 5.73 Å². The average Bonchev–Trinajstić information content (AvgIpc) is 2.38. The summed E-state index contributed by atoms with van der Waals surface area (Å²) in [5.41, 5.74) is 7.13. The van der Waals surface area contributed by atoms with Crippen molar-refractivity contribution in [3.63, 3.8) is 0 Å². The Labute approximate surface area is 114 Å². The number of nitrogens with zero attached hydrogens (tertiary/aromatic N) is 3. The van der Waals surface area contributed by atoms with Gasteiger partial charge in [0.2, 0.25) is 0 Å². The molecule has 1 aromatic rings. The second kappa shape index (κ2) is 6.02. The molecule has 0 aromatic carbocycles. The molecule has 1 aromatic heterocycles. The third kappa shape index (κ3) is 3.44. The van der Waals surface area contributed by atoms with Gasteiger partial charge in [0.05, 0.1) is 0 Å². The van der Waals surface area contributed by atoms with Crippen LogP contribution in [-0.4, -0.2) is 53.4 Å². The molecule has 19 heavy (non-hydrogen) atoms. The number of amides is 1. The molecule has 0 atom stereocenters. The fourth-order valence-electron chi connectivity index (χ4n) is 2.49. The molecule has 1 saturated heterocycles. The van der Waals surface area contributed by atoms with Gasteiger partial charge in [-0.25, -0.2) is 4.98 Å². The molecule has 0 radical (unpaired) electrons. The van der Waals surface area contributed by atoms with Crippen LogP contribution in [0.25, 0.3) is 0 Å². The Hall–Kier alpha value is -1.62. The quantitative estimate of drug-likeness (QED) is 0.887. The minimum absolute atomic E-state index is 0.0633. The van der Waals surface area contributed by atoms with Gasteiger partial charge in [0.15, 0.2) is 0 Å². The number of piperazine rings is 1. The van der Waals surface area contributed by atoms with Gasteiger partial charge >= 0.3 is 0 Å². The smallest absolute Gasteiger partial charge is 0.254 e. The molecule has 5 nitrogen and oxygen atoms in total. The van der Waals surface area contributed by atoms with Crippen molar-refractivity contribution >= 4 is 11.7 Å². The average molecular weight is 262 g/mol. The molecule has 104 valence electrons. The third-order valence-electron chi connectivity index (χ3n) is 3.42. The SMILES string of the molecule is CCCN1CCN(C(=O)c2cc(C)nc(N)c2)CC1. The third-order valence-corrected chi connectivity index (χ3v) is 3.42. The summed E-state index contributed by atoms with van der Waals surface area (Å²) in [4.78, 5) is 20.8. The lowest BCUT2D eigenvalue weighted by atomic mass is 10.2. The van der Waals surface area contributed by atoms with E-state index in [1.807, 2.05) is 11.8 Å². The van der Waals surface area contributed by atoms with Crippen LogP contribution in [-0.2, 0) is 0 Å². The molecule has 1 aliphatic rings. The molecular weight excluding hydrogens is 240 g/mol. The van der Waals surface area contributed by atoms with Crippen molar-refractivity contribution in [1.29, 1.82) is 0 Å². The molecule has 2 N–H and O–H groups in total. The molecule has 0 saturated carbocycles. The van der Waals surface area contributed by atoms with Crippen molar-refractivity contribution in [3.05, 3.63) is 23.4 Å². The second-order valence-electron chi connectivity index (χ2n) is 5.06. The Morgan fingerprint density at radius 1 is 1.32 bits per heavy atom. The fourth-order valence-corrected chi connectivity index (χ4v) is 2.49. The van der Waals surface area contributed by atoms with Gasteiger partial charge in [0.25, 0.3) is 5.91 Å². The van der Waals surface area contributed by atoms with Gasteiger partial charge in [-0.05, 0) is 32.0 Å². The van der Waals surface area contributed by atoms with Gasteiger partial charge in [-0.1, -0.05) is 6.92 Å². The maximum absolute atomic E-state index is 12.4. The van der Waals surface area contributed by atoms with Crippen LogP contribution >= 0.6 is 0 Å². The molecule has 0 bridgehead atoms. The minimum Gasteiger partial charge on any atom is -0.384 e. The Morgan fingerprint density at radius 2 is 2.00 bits per heavy atom. The van der Waals surface area contributed by atoms with Gasteiger partial charge in [-0.3, -0.25) is 9.69 Å². The highest BCUT2D eigenvalue weighted by molar-refractivity contribution is 5.95. The number of nitrogens with two attached hydrogens (primary N) is 1. The van der Waals surface area contributed by atoms with E-state index in [-0.39, 0.29) is 5.91 Å². The van der Waals surface area contributed by atoms with E-state index in [1.54, 1.807) is 12.1 Å². The van der Waals surface area contributed by atoms with Crippen molar-refractivity contribution in [2.24, 2.45) is 0 Å². The molecule has 1 aliphatic heterocycles. The predicted octanol–water partition coefficient (Wildman–Crippen LogP) is 1.14. The number of carbonyl (C=O) groups excluding carboxylic acids is 1. The number of anilines is 1. The lowest BCUT2D eigenvalue weighted by Gasteiger charge is -2.34. The van der Waals surface area contributed by atoms with E-state index in [9.17, 15) is 4.79 Å². The molecule has 2 heterocycles. The molecular formula is C14H22N4O. The normalized spacial score (nSPS) is 16.6. The van der Waals surface area contributed by atoms with Crippen molar-refractivity contribution in [1.82, 2.24) is 14.8 Å². The zero-order chi connectivity index (χ0) is 13.8. The van der Waals surface area contributed by atoms with Crippen LogP contribution in [0, 0.1) is 6.92 Å². The van der Waals surface area contributed by atoms with Crippen molar-refractivity contribution in [3.8, 4) is 0 Å². The highest BCUT2D eigenvalue weighted by Crippen LogP contribution is 2.12. The van der Waals surface area contributed by atoms with E-state index in [2.05, 4.69) is 16.8 Å². The van der Waals surface area contributed by atoms with E-state index in [0.29, 0.717) is 11.4 Å². The summed E-state index contributed by atoms with van der Waals surface area (Å²) in [5, 5.41) is 0. The summed E-state index contributed by atoms with van der Waals surface area (Å²) in [6, 6.07) is 3.46. The number of hydrogen-bond donors (Lipinski definition) is 1. The van der Waals surface area contributed by atoms with Crippen LogP contribution in [0.2, 0.25) is 0 Å². The van der Waals surface area contributed by atoms with Gasteiger partial charge in [0.1, 0.15) is 5.82 Å². The molecule has 1 amide bonds. The van der Waals surface area contributed by atoms with Gasteiger partial charge in [-0.15, -0.1) is 0 Å². The van der Waals surface area contributed by atoms with Crippen LogP contribution < -0.4 is 5.73 Å². The van der Waals surface area contributed by atoms with Crippen molar-refractivity contribution in [2.45, 2.75) is 20.3 Å². The Bertz CT molecular complexity index is 433. The van der Waals surface area contributed by atoms with Gasteiger partial charge < -0.3 is 10.6 Å². The van der Waals surface area contributed by atoms with Crippen LogP contribution in [0.4, 0.5) is 5.82 Å². The summed E-state index contributed by atoms with van der Waals surface area (Å²) >= 11 is 0. The molecule has 1 fully saturated rings. The van der Waals surface area contributed by atoms with Crippen LogP contribution in [0.5, 0.6) is 0 Å². The maximum atomic E-state index is 12.4. The molecule has 2 rings (SSSR count). The fraction of sp³-hybridized carbons (Fsp3) is 0.571. The number of hydrogen-bond acceptors (Lipinski definition) is 4. The molecule has 0 spiro atoms. The van der Waals surface area contributed by atoms with E-state index >= 15 is 0 Å². The summed E-state index contributed by atoms with van der Waals surface area (Å²) in [5.74, 6) is 0.473. The van der Waals surface area contributed by atoms with Gasteiger partial charge in [-0.2, -0.15) is 0 Å². The number of rotatable bonds is 3. The van der Waals surface area contributed by atoms with Crippen LogP contribution in [0.15, 0.2) is 12.1 Å². The van der Waals surface area contributed by atoms with Crippen molar-refractivity contribution in [2.75, 3.05) is 38.5 Å². The monoisotopic (exact) mass is 262 g/mol. The Balaban J connectivity index is 2.01. The number of nitrogen functional groups attached to an aromatic ring is 1. The second-order valence-corrected chi connectivity index (χ2v) is 5.06. The largest absolute Gasteiger partial charge is 0.384 e. The Kier molecular flexibility index (Phi) is 4.37. The highest BCUT2D eigenvalue weighted by Gasteiger charge is 2.22. The number of aryl methyl sites for hydroxylation is 1. The molecule has 5 heteroatoms. The van der Waals surface area contributed by atoms with E-state index in [0.717, 1.165) is 44.8 Å². The van der Waals surface area contributed by atoms with Gasteiger partial charge in [0, 0.05) is 37.4 Å². The summed E-state index contributed by atoms with van der Waals surface area (Å²) in [7, 11) is 0. The zero-order valence-corrected chi connectivity index (χ0v) is 11.7. The number of aromatic nitrogens is 1. The lowest BCUT2D eigenvalue weighted by molar-refractivity contribution is 0.0637.